The molecule has 0 aliphatic heterocycles. The molecular weight excluding hydrogens is 240 g/mol. The van der Waals surface area contributed by atoms with Crippen LogP contribution in [-0.4, -0.2) is 38.7 Å². The fourth-order valence-electron chi connectivity index (χ4n) is 1.13. The quantitative estimate of drug-likeness (QED) is 0.371. The highest BCUT2D eigenvalue weighted by atomic mass is 16.5. The zero-order valence-corrected chi connectivity index (χ0v) is 10.8. The van der Waals surface area contributed by atoms with Gasteiger partial charge in [-0.15, -0.1) is 0 Å². The first kappa shape index (κ1) is 19.2. The second kappa shape index (κ2) is 13.9. The van der Waals surface area contributed by atoms with Crippen LogP contribution in [0, 0.1) is 0 Å². The molecule has 0 bridgehead atoms. The molecule has 18 heavy (non-hydrogen) atoms. The van der Waals surface area contributed by atoms with Gasteiger partial charge in [-0.1, -0.05) is 19.8 Å². The molecule has 0 aliphatic carbocycles. The lowest BCUT2D eigenvalue weighted by molar-refractivity contribution is -0.139. The number of unbranched alkanes of at least 4 members (excludes halogenated alkanes) is 3. The van der Waals surface area contributed by atoms with Crippen LogP contribution in [0.3, 0.4) is 0 Å². The van der Waals surface area contributed by atoms with Gasteiger partial charge in [-0.3, -0.25) is 9.59 Å². The SMILES string of the molecule is CCCCCC(O)O.O=C(O)CCCCC(=O)O. The summed E-state index contributed by atoms with van der Waals surface area (Å²) in [5, 5.41) is 32.9. The van der Waals surface area contributed by atoms with Gasteiger partial charge in [0.2, 0.25) is 0 Å². The standard InChI is InChI=1S/C6H10O4.C6H14O2/c7-5(8)3-1-2-4-6(9)10;1-2-3-4-5-6(7)8/h1-4H2,(H,7,8)(H,9,10);6-8H,2-5H2,1H3. The number of carboxylic acids is 2. The van der Waals surface area contributed by atoms with Gasteiger partial charge in [0.05, 0.1) is 0 Å². The molecule has 108 valence electrons. The van der Waals surface area contributed by atoms with Gasteiger partial charge in [-0.25, -0.2) is 0 Å². The second-order valence-electron chi connectivity index (χ2n) is 3.97. The minimum absolute atomic E-state index is 0.0628. The number of aliphatic carboxylic acids is 2. The maximum Gasteiger partial charge on any atom is 0.303 e. The zero-order chi connectivity index (χ0) is 14.4. The van der Waals surface area contributed by atoms with Crippen LogP contribution < -0.4 is 0 Å². The molecule has 0 radical (unpaired) electrons. The summed E-state index contributed by atoms with van der Waals surface area (Å²) in [4.78, 5) is 19.8. The minimum atomic E-state index is -1.10. The molecule has 0 aromatic carbocycles. The van der Waals surface area contributed by atoms with Crippen LogP contribution in [0.25, 0.3) is 0 Å². The van der Waals surface area contributed by atoms with Crippen molar-refractivity contribution in [3.8, 4) is 0 Å². The second-order valence-corrected chi connectivity index (χ2v) is 3.97. The maximum absolute atomic E-state index is 9.90. The number of carbonyl (C=O) groups is 2. The first-order valence-electron chi connectivity index (χ1n) is 6.19. The van der Waals surface area contributed by atoms with Crippen molar-refractivity contribution in [2.75, 3.05) is 0 Å². The molecule has 0 saturated carbocycles. The first-order chi connectivity index (χ1) is 8.40. The summed E-state index contributed by atoms with van der Waals surface area (Å²) in [6.07, 6.45) is 3.59. The number of carboxylic acid groups (broad SMARTS) is 2. The Morgan fingerprint density at radius 1 is 0.889 bits per heavy atom. The Kier molecular flexibility index (Phi) is 14.9. The normalized spacial score (nSPS) is 9.78. The molecule has 0 aliphatic rings. The van der Waals surface area contributed by atoms with Gasteiger partial charge in [0.25, 0.3) is 0 Å². The Labute approximate surface area is 107 Å². The van der Waals surface area contributed by atoms with Crippen LogP contribution in [0.1, 0.15) is 58.3 Å². The van der Waals surface area contributed by atoms with E-state index in [2.05, 4.69) is 6.92 Å². The van der Waals surface area contributed by atoms with E-state index in [1.54, 1.807) is 0 Å². The summed E-state index contributed by atoms with van der Waals surface area (Å²) >= 11 is 0. The summed E-state index contributed by atoms with van der Waals surface area (Å²) in [5.41, 5.74) is 0. The smallest absolute Gasteiger partial charge is 0.303 e. The molecule has 0 unspecified atom stereocenters. The van der Waals surface area contributed by atoms with Crippen LogP contribution in [0.4, 0.5) is 0 Å². The first-order valence-corrected chi connectivity index (χ1v) is 6.19. The van der Waals surface area contributed by atoms with Crippen LogP contribution in [-0.2, 0) is 9.59 Å². The Morgan fingerprint density at radius 2 is 1.33 bits per heavy atom. The summed E-state index contributed by atoms with van der Waals surface area (Å²) in [7, 11) is 0. The van der Waals surface area contributed by atoms with Crippen molar-refractivity contribution in [1.82, 2.24) is 0 Å². The van der Waals surface area contributed by atoms with Crippen molar-refractivity contribution >= 4 is 11.9 Å². The van der Waals surface area contributed by atoms with Gasteiger partial charge in [0, 0.05) is 12.8 Å². The van der Waals surface area contributed by atoms with E-state index in [-0.39, 0.29) is 12.8 Å². The third-order valence-electron chi connectivity index (χ3n) is 2.10. The Bertz CT molecular complexity index is 199. The predicted molar refractivity (Wildman–Crippen MR) is 66.1 cm³/mol. The molecule has 0 aromatic rings. The van der Waals surface area contributed by atoms with E-state index >= 15 is 0 Å². The molecule has 0 atom stereocenters. The largest absolute Gasteiger partial charge is 0.481 e. The van der Waals surface area contributed by atoms with Gasteiger partial charge < -0.3 is 20.4 Å². The molecule has 0 rings (SSSR count). The van der Waals surface area contributed by atoms with Crippen molar-refractivity contribution < 1.29 is 30.0 Å². The fourth-order valence-corrected chi connectivity index (χ4v) is 1.13. The fraction of sp³-hybridized carbons (Fsp3) is 0.833. The molecule has 0 spiro atoms. The van der Waals surface area contributed by atoms with Crippen molar-refractivity contribution in [1.29, 1.82) is 0 Å². The predicted octanol–water partition coefficient (Wildman–Crippen LogP) is 1.59. The molecule has 0 fully saturated rings. The summed E-state index contributed by atoms with van der Waals surface area (Å²) in [6, 6.07) is 0. The third-order valence-corrected chi connectivity index (χ3v) is 2.10. The number of aliphatic hydroxyl groups is 2. The number of aliphatic hydroxyl groups excluding tert-OH is 1. The van der Waals surface area contributed by atoms with Crippen molar-refractivity contribution in [2.45, 2.75) is 64.6 Å². The van der Waals surface area contributed by atoms with E-state index in [4.69, 9.17) is 20.4 Å². The van der Waals surface area contributed by atoms with Gasteiger partial charge in [0.1, 0.15) is 0 Å². The van der Waals surface area contributed by atoms with Gasteiger partial charge in [0.15, 0.2) is 6.29 Å². The summed E-state index contributed by atoms with van der Waals surface area (Å²) in [5.74, 6) is -1.74. The third kappa shape index (κ3) is 24.2. The highest BCUT2D eigenvalue weighted by molar-refractivity contribution is 5.67. The van der Waals surface area contributed by atoms with Gasteiger partial charge in [-0.2, -0.15) is 0 Å². The van der Waals surface area contributed by atoms with Crippen molar-refractivity contribution in [3.05, 3.63) is 0 Å². The van der Waals surface area contributed by atoms with Crippen LogP contribution >= 0.6 is 0 Å². The topological polar surface area (TPSA) is 115 Å². The molecule has 0 saturated heterocycles. The maximum atomic E-state index is 9.90. The lowest BCUT2D eigenvalue weighted by Crippen LogP contribution is -2.02. The molecule has 6 nitrogen and oxygen atoms in total. The van der Waals surface area contributed by atoms with E-state index in [9.17, 15) is 9.59 Å². The molecule has 0 heterocycles. The van der Waals surface area contributed by atoms with Crippen LogP contribution in [0.2, 0.25) is 0 Å². The summed E-state index contributed by atoms with van der Waals surface area (Å²) < 4.78 is 0. The molecule has 6 heteroatoms. The van der Waals surface area contributed by atoms with Gasteiger partial charge >= 0.3 is 11.9 Å². The van der Waals surface area contributed by atoms with Crippen LogP contribution in [0.5, 0.6) is 0 Å². The average Bonchev–Trinajstić information content (AvgIpc) is 2.25. The molecule has 0 aromatic heterocycles. The zero-order valence-electron chi connectivity index (χ0n) is 10.8. The lowest BCUT2D eigenvalue weighted by Gasteiger charge is -1.99. The Morgan fingerprint density at radius 3 is 1.61 bits per heavy atom. The van der Waals surface area contributed by atoms with E-state index < -0.39 is 18.2 Å². The number of rotatable bonds is 9. The molecular formula is C12H24O6. The van der Waals surface area contributed by atoms with Crippen molar-refractivity contribution in [2.24, 2.45) is 0 Å². The van der Waals surface area contributed by atoms with Crippen LogP contribution in [0.15, 0.2) is 0 Å². The summed E-state index contributed by atoms with van der Waals surface area (Å²) in [6.45, 7) is 2.09. The molecule has 4 N–H and O–H groups in total. The van der Waals surface area contributed by atoms with E-state index in [0.717, 1.165) is 19.3 Å². The monoisotopic (exact) mass is 264 g/mol. The minimum Gasteiger partial charge on any atom is -0.481 e. The van der Waals surface area contributed by atoms with E-state index in [0.29, 0.717) is 19.3 Å². The lowest BCUT2D eigenvalue weighted by atomic mass is 10.2. The Hall–Kier alpha value is -1.14. The number of hydrogen-bond acceptors (Lipinski definition) is 4. The van der Waals surface area contributed by atoms with Crippen molar-refractivity contribution in [3.63, 3.8) is 0 Å². The highest BCUT2D eigenvalue weighted by Crippen LogP contribution is 2.00. The average molecular weight is 264 g/mol. The molecule has 0 amide bonds. The van der Waals surface area contributed by atoms with E-state index in [1.807, 2.05) is 0 Å². The Balaban J connectivity index is 0. The number of hydrogen-bond donors (Lipinski definition) is 4. The van der Waals surface area contributed by atoms with Gasteiger partial charge in [-0.05, 0) is 25.7 Å². The highest BCUT2D eigenvalue weighted by Gasteiger charge is 1.99. The van der Waals surface area contributed by atoms with E-state index in [1.165, 1.54) is 0 Å².